The fraction of sp³-hybridized carbons (Fsp3) is 0.429. The van der Waals surface area contributed by atoms with Crippen LogP contribution in [-0.2, 0) is 4.79 Å². The van der Waals surface area contributed by atoms with Gasteiger partial charge in [-0.15, -0.1) is 12.4 Å². The van der Waals surface area contributed by atoms with E-state index >= 15 is 0 Å². The van der Waals surface area contributed by atoms with E-state index in [4.69, 9.17) is 5.73 Å². The van der Waals surface area contributed by atoms with Crippen LogP contribution in [0, 0.1) is 0 Å². The predicted molar refractivity (Wildman–Crippen MR) is 81.1 cm³/mol. The minimum atomic E-state index is -0.247. The second-order valence-corrected chi connectivity index (χ2v) is 4.78. The van der Waals surface area contributed by atoms with Crippen LogP contribution in [0.15, 0.2) is 24.3 Å². The molecule has 1 aromatic carbocycles. The van der Waals surface area contributed by atoms with Gasteiger partial charge in [0.1, 0.15) is 0 Å². The highest BCUT2D eigenvalue weighted by atomic mass is 35.5. The Bertz CT molecular complexity index is 456. The number of nitrogens with one attached hydrogen (secondary N) is 2. The van der Waals surface area contributed by atoms with Crippen molar-refractivity contribution in [2.75, 3.05) is 11.9 Å². The smallest absolute Gasteiger partial charge is 0.251 e. The average Bonchev–Trinajstić information content (AvgIpc) is 2.92. The number of nitrogens with two attached hydrogens (primary N) is 1. The van der Waals surface area contributed by atoms with Crippen molar-refractivity contribution in [2.24, 2.45) is 5.73 Å². The van der Waals surface area contributed by atoms with Crippen molar-refractivity contribution in [3.63, 3.8) is 0 Å². The van der Waals surface area contributed by atoms with Gasteiger partial charge in [-0.2, -0.15) is 0 Å². The van der Waals surface area contributed by atoms with Gasteiger partial charge in [-0.3, -0.25) is 9.59 Å². The van der Waals surface area contributed by atoms with Gasteiger partial charge in [-0.05, 0) is 37.1 Å². The molecule has 0 radical (unpaired) electrons. The molecule has 1 saturated carbocycles. The summed E-state index contributed by atoms with van der Waals surface area (Å²) in [5.74, 6) is -0.299. The van der Waals surface area contributed by atoms with Gasteiger partial charge in [-0.25, -0.2) is 0 Å². The first-order valence-corrected chi connectivity index (χ1v) is 6.60. The van der Waals surface area contributed by atoms with Gasteiger partial charge >= 0.3 is 0 Å². The van der Waals surface area contributed by atoms with Crippen LogP contribution in [0.1, 0.15) is 36.0 Å². The normalized spacial score (nSPS) is 14.4. The zero-order valence-corrected chi connectivity index (χ0v) is 12.0. The average molecular weight is 298 g/mol. The molecule has 6 heteroatoms. The molecular weight excluding hydrogens is 278 g/mol. The number of anilines is 1. The summed E-state index contributed by atoms with van der Waals surface area (Å²) in [6, 6.07) is 7.13. The largest absolute Gasteiger partial charge is 0.349 e. The highest BCUT2D eigenvalue weighted by Crippen LogP contribution is 2.18. The fourth-order valence-corrected chi connectivity index (χ4v) is 2.26. The van der Waals surface area contributed by atoms with E-state index in [1.54, 1.807) is 24.3 Å². The molecule has 0 saturated heterocycles. The lowest BCUT2D eigenvalue weighted by atomic mass is 10.1. The molecule has 1 fully saturated rings. The van der Waals surface area contributed by atoms with Crippen molar-refractivity contribution in [3.05, 3.63) is 29.8 Å². The molecule has 20 heavy (non-hydrogen) atoms. The summed E-state index contributed by atoms with van der Waals surface area (Å²) in [4.78, 5) is 23.1. The molecule has 2 amide bonds. The van der Waals surface area contributed by atoms with E-state index in [0.29, 0.717) is 17.3 Å². The fourth-order valence-electron chi connectivity index (χ4n) is 2.26. The second kappa shape index (κ2) is 7.87. The van der Waals surface area contributed by atoms with E-state index in [1.807, 2.05) is 0 Å². The van der Waals surface area contributed by atoms with Gasteiger partial charge in [-0.1, -0.05) is 12.8 Å². The van der Waals surface area contributed by atoms with E-state index in [-0.39, 0.29) is 30.8 Å². The van der Waals surface area contributed by atoms with Crippen LogP contribution < -0.4 is 16.4 Å². The number of rotatable bonds is 4. The summed E-state index contributed by atoms with van der Waals surface area (Å²) < 4.78 is 0. The van der Waals surface area contributed by atoms with Crippen LogP contribution >= 0.6 is 12.4 Å². The molecule has 0 atom stereocenters. The molecule has 0 aromatic heterocycles. The Morgan fingerprint density at radius 2 is 1.75 bits per heavy atom. The maximum absolute atomic E-state index is 12.0. The highest BCUT2D eigenvalue weighted by Gasteiger charge is 2.17. The summed E-state index contributed by atoms with van der Waals surface area (Å²) in [6.45, 7) is -0.0517. The molecule has 0 spiro atoms. The maximum atomic E-state index is 12.0. The molecule has 2 rings (SSSR count). The lowest BCUT2D eigenvalue weighted by Gasteiger charge is -2.12. The van der Waals surface area contributed by atoms with Crippen molar-refractivity contribution in [1.82, 2.24) is 5.32 Å². The Morgan fingerprint density at radius 1 is 1.15 bits per heavy atom. The van der Waals surface area contributed by atoms with Crippen LogP contribution in [0.5, 0.6) is 0 Å². The Labute approximate surface area is 124 Å². The van der Waals surface area contributed by atoms with Gasteiger partial charge in [0.15, 0.2) is 0 Å². The van der Waals surface area contributed by atoms with E-state index in [9.17, 15) is 9.59 Å². The molecule has 1 aliphatic rings. The first kappa shape index (κ1) is 16.5. The summed E-state index contributed by atoms with van der Waals surface area (Å²) in [5, 5.41) is 5.66. The van der Waals surface area contributed by atoms with E-state index in [1.165, 1.54) is 12.8 Å². The predicted octanol–water partition coefficient (Wildman–Crippen LogP) is 1.68. The summed E-state index contributed by atoms with van der Waals surface area (Å²) >= 11 is 0. The van der Waals surface area contributed by atoms with E-state index in [0.717, 1.165) is 12.8 Å². The first-order valence-electron chi connectivity index (χ1n) is 6.60. The summed E-state index contributed by atoms with van der Waals surface area (Å²) in [7, 11) is 0. The number of amides is 2. The van der Waals surface area contributed by atoms with Crippen molar-refractivity contribution >= 4 is 29.9 Å². The zero-order chi connectivity index (χ0) is 13.7. The Morgan fingerprint density at radius 3 is 2.30 bits per heavy atom. The van der Waals surface area contributed by atoms with E-state index in [2.05, 4.69) is 10.6 Å². The molecule has 0 bridgehead atoms. The van der Waals surface area contributed by atoms with Crippen LogP contribution in [0.3, 0.4) is 0 Å². The zero-order valence-electron chi connectivity index (χ0n) is 11.2. The summed E-state index contributed by atoms with van der Waals surface area (Å²) in [5.41, 5.74) is 6.47. The van der Waals surface area contributed by atoms with Crippen molar-refractivity contribution in [1.29, 1.82) is 0 Å². The van der Waals surface area contributed by atoms with Gasteiger partial charge in [0, 0.05) is 17.3 Å². The SMILES string of the molecule is Cl.NCC(=O)Nc1ccc(C(=O)NC2CCCC2)cc1. The minimum Gasteiger partial charge on any atom is -0.349 e. The van der Waals surface area contributed by atoms with Crippen LogP contribution in [0.2, 0.25) is 0 Å². The molecule has 1 aromatic rings. The lowest BCUT2D eigenvalue weighted by molar-refractivity contribution is -0.114. The number of hydrogen-bond donors (Lipinski definition) is 3. The number of benzene rings is 1. The molecule has 0 heterocycles. The van der Waals surface area contributed by atoms with Crippen molar-refractivity contribution in [3.8, 4) is 0 Å². The van der Waals surface area contributed by atoms with Gasteiger partial charge in [0.05, 0.1) is 6.54 Å². The van der Waals surface area contributed by atoms with Crippen LogP contribution in [0.4, 0.5) is 5.69 Å². The third-order valence-electron chi connectivity index (χ3n) is 3.31. The Balaban J connectivity index is 0.00000200. The summed E-state index contributed by atoms with van der Waals surface area (Å²) in [6.07, 6.45) is 4.51. The van der Waals surface area contributed by atoms with Crippen molar-refractivity contribution in [2.45, 2.75) is 31.7 Å². The molecule has 1 aliphatic carbocycles. The number of halogens is 1. The van der Waals surface area contributed by atoms with Crippen molar-refractivity contribution < 1.29 is 9.59 Å². The Kier molecular flexibility index (Phi) is 6.48. The highest BCUT2D eigenvalue weighted by molar-refractivity contribution is 5.96. The number of carbonyl (C=O) groups is 2. The molecule has 110 valence electrons. The standard InChI is InChI=1S/C14H19N3O2.ClH/c15-9-13(18)16-12-7-5-10(6-8-12)14(19)17-11-3-1-2-4-11;/h5-8,11H,1-4,9,15H2,(H,16,18)(H,17,19);1H. The quantitative estimate of drug-likeness (QED) is 0.790. The first-order chi connectivity index (χ1) is 9.19. The third-order valence-corrected chi connectivity index (χ3v) is 3.31. The third kappa shape index (κ3) is 4.51. The molecule has 0 aliphatic heterocycles. The van der Waals surface area contributed by atoms with Gasteiger partial charge in [0.25, 0.3) is 5.91 Å². The molecule has 4 N–H and O–H groups in total. The molecular formula is C14H20ClN3O2. The lowest BCUT2D eigenvalue weighted by Crippen LogP contribution is -2.32. The van der Waals surface area contributed by atoms with Gasteiger partial charge in [0.2, 0.25) is 5.91 Å². The number of carbonyl (C=O) groups excluding carboxylic acids is 2. The molecule has 5 nitrogen and oxygen atoms in total. The Hall–Kier alpha value is -1.59. The van der Waals surface area contributed by atoms with E-state index < -0.39 is 0 Å². The van der Waals surface area contributed by atoms with Crippen LogP contribution in [0.25, 0.3) is 0 Å². The topological polar surface area (TPSA) is 84.2 Å². The second-order valence-electron chi connectivity index (χ2n) is 4.78. The molecule has 0 unspecified atom stereocenters. The maximum Gasteiger partial charge on any atom is 0.251 e. The van der Waals surface area contributed by atoms with Gasteiger partial charge < -0.3 is 16.4 Å². The monoisotopic (exact) mass is 297 g/mol. The number of hydrogen-bond acceptors (Lipinski definition) is 3. The minimum absolute atomic E-state index is 0. The van der Waals surface area contributed by atoms with Crippen LogP contribution in [-0.4, -0.2) is 24.4 Å².